The van der Waals surface area contributed by atoms with Gasteiger partial charge in [-0.1, -0.05) is 57.1 Å². The molecule has 0 saturated heterocycles. The Balaban J connectivity index is 1.75. The third-order valence-electron chi connectivity index (χ3n) is 4.18. The summed E-state index contributed by atoms with van der Waals surface area (Å²) in [5.41, 5.74) is 1.25. The fourth-order valence-corrected chi connectivity index (χ4v) is 3.05. The Morgan fingerprint density at radius 2 is 1.21 bits per heavy atom. The summed E-state index contributed by atoms with van der Waals surface area (Å²) in [6.07, 6.45) is 13.7. The van der Waals surface area contributed by atoms with Gasteiger partial charge in [0.25, 0.3) is 0 Å². The molecule has 0 fully saturated rings. The zero-order valence-electron chi connectivity index (χ0n) is 14.8. The number of benzene rings is 1. The van der Waals surface area contributed by atoms with Gasteiger partial charge < -0.3 is 7.80 Å². The summed E-state index contributed by atoms with van der Waals surface area (Å²) in [6.45, 7) is 2.50. The van der Waals surface area contributed by atoms with Gasteiger partial charge in [-0.25, -0.2) is 4.39 Å². The number of hydrogen-bond donors (Lipinski definition) is 0. The molecule has 138 valence electrons. The molecule has 0 aliphatic rings. The first-order chi connectivity index (χ1) is 11.8. The molecule has 0 amide bonds. The molecule has 0 radical (unpaired) electrons. The second-order valence-corrected chi connectivity index (χ2v) is 6.96. The molecular formula is C20H32FIO2. The standard InChI is InChI=1S/C20H32FIO2/c21-20-14-12-19(13-15-20)11-8-6-4-2-1-3-5-7-9-16-23-17-10-18-24-22/h12-15H,1-11,16-18H2. The molecule has 0 saturated carbocycles. The molecule has 0 aliphatic carbocycles. The highest BCUT2D eigenvalue weighted by Crippen LogP contribution is 2.12. The van der Waals surface area contributed by atoms with Gasteiger partial charge >= 0.3 is 0 Å². The van der Waals surface area contributed by atoms with Crippen LogP contribution in [0.15, 0.2) is 24.3 Å². The van der Waals surface area contributed by atoms with Crippen LogP contribution in [-0.4, -0.2) is 19.8 Å². The van der Waals surface area contributed by atoms with Crippen LogP contribution in [0.25, 0.3) is 0 Å². The molecule has 24 heavy (non-hydrogen) atoms. The molecule has 0 aliphatic heterocycles. The monoisotopic (exact) mass is 450 g/mol. The molecular weight excluding hydrogens is 418 g/mol. The maximum Gasteiger partial charge on any atom is 0.123 e. The third-order valence-corrected chi connectivity index (χ3v) is 4.62. The van der Waals surface area contributed by atoms with Gasteiger partial charge in [-0.2, -0.15) is 0 Å². The van der Waals surface area contributed by atoms with E-state index in [1.807, 2.05) is 35.1 Å². The van der Waals surface area contributed by atoms with Gasteiger partial charge in [0.05, 0.1) is 6.61 Å². The van der Waals surface area contributed by atoms with E-state index in [0.717, 1.165) is 32.7 Å². The van der Waals surface area contributed by atoms with Crippen molar-refractivity contribution >= 4 is 23.0 Å². The molecule has 4 heteroatoms. The first-order valence-electron chi connectivity index (χ1n) is 9.38. The van der Waals surface area contributed by atoms with E-state index >= 15 is 0 Å². The number of ether oxygens (including phenoxy) is 1. The summed E-state index contributed by atoms with van der Waals surface area (Å²) < 4.78 is 23.3. The first-order valence-corrected chi connectivity index (χ1v) is 10.3. The molecule has 1 aromatic carbocycles. The quantitative estimate of drug-likeness (QED) is 0.207. The highest BCUT2D eigenvalue weighted by molar-refractivity contribution is 14.1. The van der Waals surface area contributed by atoms with Gasteiger partial charge in [0.2, 0.25) is 0 Å². The highest BCUT2D eigenvalue weighted by atomic mass is 127. The molecule has 0 heterocycles. The van der Waals surface area contributed by atoms with Crippen LogP contribution >= 0.6 is 23.0 Å². The Morgan fingerprint density at radius 1 is 0.667 bits per heavy atom. The van der Waals surface area contributed by atoms with E-state index in [4.69, 9.17) is 7.80 Å². The summed E-state index contributed by atoms with van der Waals surface area (Å²) >= 11 is 1.92. The van der Waals surface area contributed by atoms with Gasteiger partial charge in [-0.3, -0.25) is 0 Å². The predicted octanol–water partition coefficient (Wildman–Crippen LogP) is 6.65. The van der Waals surface area contributed by atoms with Crippen molar-refractivity contribution in [3.8, 4) is 0 Å². The highest BCUT2D eigenvalue weighted by Gasteiger charge is 1.96. The Morgan fingerprint density at radius 3 is 1.83 bits per heavy atom. The first kappa shape index (κ1) is 21.8. The van der Waals surface area contributed by atoms with Crippen LogP contribution in [-0.2, 0) is 14.2 Å². The average Bonchev–Trinajstić information content (AvgIpc) is 2.60. The minimum Gasteiger partial charge on any atom is -0.381 e. The van der Waals surface area contributed by atoms with Crippen molar-refractivity contribution < 1.29 is 12.2 Å². The average molecular weight is 450 g/mol. The zero-order chi connectivity index (χ0) is 17.3. The number of rotatable bonds is 16. The fourth-order valence-electron chi connectivity index (χ4n) is 2.74. The normalized spacial score (nSPS) is 11.1. The lowest BCUT2D eigenvalue weighted by Crippen LogP contribution is -1.99. The molecule has 0 aromatic heterocycles. The van der Waals surface area contributed by atoms with E-state index in [-0.39, 0.29) is 5.82 Å². The van der Waals surface area contributed by atoms with Crippen molar-refractivity contribution in [2.45, 2.75) is 70.6 Å². The maximum absolute atomic E-state index is 12.8. The Kier molecular flexibility index (Phi) is 14.8. The van der Waals surface area contributed by atoms with Crippen LogP contribution in [0, 0.1) is 5.82 Å². The topological polar surface area (TPSA) is 18.5 Å². The van der Waals surface area contributed by atoms with Crippen molar-refractivity contribution in [3.63, 3.8) is 0 Å². The smallest absolute Gasteiger partial charge is 0.123 e. The molecule has 0 spiro atoms. The van der Waals surface area contributed by atoms with Crippen LogP contribution in [0.4, 0.5) is 4.39 Å². The summed E-state index contributed by atoms with van der Waals surface area (Å²) in [6, 6.07) is 6.91. The van der Waals surface area contributed by atoms with Gasteiger partial charge in [-0.05, 0) is 43.4 Å². The minimum absolute atomic E-state index is 0.142. The van der Waals surface area contributed by atoms with Crippen molar-refractivity contribution in [3.05, 3.63) is 35.6 Å². The SMILES string of the molecule is Fc1ccc(CCCCCCCCCCCOCCCOI)cc1. The zero-order valence-corrected chi connectivity index (χ0v) is 16.9. The molecule has 0 atom stereocenters. The molecule has 1 rings (SSSR count). The largest absolute Gasteiger partial charge is 0.381 e. The van der Waals surface area contributed by atoms with Gasteiger partial charge in [0, 0.05) is 13.2 Å². The number of unbranched alkanes of at least 4 members (excludes halogenated alkanes) is 8. The number of hydrogen-bond acceptors (Lipinski definition) is 2. The van der Waals surface area contributed by atoms with Crippen molar-refractivity contribution in [2.75, 3.05) is 19.8 Å². The lowest BCUT2D eigenvalue weighted by molar-refractivity contribution is 0.120. The van der Waals surface area contributed by atoms with Crippen LogP contribution < -0.4 is 0 Å². The van der Waals surface area contributed by atoms with Crippen LogP contribution in [0.3, 0.4) is 0 Å². The minimum atomic E-state index is -0.142. The fraction of sp³-hybridized carbons (Fsp3) is 0.700. The van der Waals surface area contributed by atoms with Crippen LogP contribution in [0.2, 0.25) is 0 Å². The number of aryl methyl sites for hydroxylation is 1. The predicted molar refractivity (Wildman–Crippen MR) is 107 cm³/mol. The van der Waals surface area contributed by atoms with Crippen molar-refractivity contribution in [1.82, 2.24) is 0 Å². The van der Waals surface area contributed by atoms with Gasteiger partial charge in [0.15, 0.2) is 0 Å². The molecule has 2 nitrogen and oxygen atoms in total. The van der Waals surface area contributed by atoms with Crippen molar-refractivity contribution in [2.24, 2.45) is 0 Å². The summed E-state index contributed by atoms with van der Waals surface area (Å²) in [4.78, 5) is 0. The van der Waals surface area contributed by atoms with Crippen molar-refractivity contribution in [1.29, 1.82) is 0 Å². The second kappa shape index (κ2) is 16.3. The van der Waals surface area contributed by atoms with E-state index in [0.29, 0.717) is 0 Å². The molecule has 0 N–H and O–H groups in total. The van der Waals surface area contributed by atoms with E-state index < -0.39 is 0 Å². The van der Waals surface area contributed by atoms with E-state index in [9.17, 15) is 4.39 Å². The third kappa shape index (κ3) is 13.1. The molecule has 0 bridgehead atoms. The van der Waals surface area contributed by atoms with E-state index in [2.05, 4.69) is 0 Å². The number of halogens is 2. The van der Waals surface area contributed by atoms with Gasteiger partial charge in [0.1, 0.15) is 28.8 Å². The summed E-state index contributed by atoms with van der Waals surface area (Å²) in [5.74, 6) is -0.142. The van der Waals surface area contributed by atoms with Crippen LogP contribution in [0.5, 0.6) is 0 Å². The lowest BCUT2D eigenvalue weighted by Gasteiger charge is -2.04. The molecule has 0 unspecified atom stereocenters. The second-order valence-electron chi connectivity index (χ2n) is 6.34. The lowest BCUT2D eigenvalue weighted by atomic mass is 10.0. The molecule has 1 aromatic rings. The van der Waals surface area contributed by atoms with Crippen LogP contribution in [0.1, 0.15) is 69.8 Å². The Labute approximate surface area is 161 Å². The van der Waals surface area contributed by atoms with E-state index in [1.54, 1.807) is 12.1 Å². The Hall–Kier alpha value is -0.200. The Bertz CT molecular complexity index is 384. The summed E-state index contributed by atoms with van der Waals surface area (Å²) in [5, 5.41) is 0. The van der Waals surface area contributed by atoms with Gasteiger partial charge in [-0.15, -0.1) is 0 Å². The van der Waals surface area contributed by atoms with E-state index in [1.165, 1.54) is 63.4 Å². The summed E-state index contributed by atoms with van der Waals surface area (Å²) in [7, 11) is 0. The maximum atomic E-state index is 12.8.